The molecule has 0 saturated carbocycles. The second-order valence-corrected chi connectivity index (χ2v) is 10.5. The van der Waals surface area contributed by atoms with Crippen LogP contribution in [0.4, 0.5) is 5.69 Å². The van der Waals surface area contributed by atoms with Gasteiger partial charge in [0.1, 0.15) is 16.5 Å². The number of thiophene rings is 1. The van der Waals surface area contributed by atoms with E-state index in [0.717, 1.165) is 32.0 Å². The number of benzene rings is 3. The predicted molar refractivity (Wildman–Crippen MR) is 132 cm³/mol. The van der Waals surface area contributed by atoms with E-state index in [2.05, 4.69) is 5.32 Å². The molecule has 0 fully saturated rings. The molecule has 1 aromatic heterocycles. The van der Waals surface area contributed by atoms with Gasteiger partial charge in [-0.2, -0.15) is 0 Å². The topological polar surface area (TPSA) is 75.7 Å². The number of nitrogens with zero attached hydrogens (tertiary/aromatic N) is 1. The molecule has 1 atom stereocenters. The van der Waals surface area contributed by atoms with Gasteiger partial charge in [0.25, 0.3) is 10.0 Å². The minimum Gasteiger partial charge on any atom is -0.495 e. The highest BCUT2D eigenvalue weighted by molar-refractivity contribution is 7.94. The number of methoxy groups -OCH3 is 1. The summed E-state index contributed by atoms with van der Waals surface area (Å²) in [6, 6.07) is 23.7. The largest absolute Gasteiger partial charge is 0.495 e. The van der Waals surface area contributed by atoms with E-state index in [1.54, 1.807) is 35.7 Å². The number of hydrogen-bond acceptors (Lipinski definition) is 5. The Morgan fingerprint density at radius 2 is 1.73 bits per heavy atom. The number of anilines is 1. The van der Waals surface area contributed by atoms with Gasteiger partial charge in [-0.15, -0.1) is 11.3 Å². The van der Waals surface area contributed by atoms with Gasteiger partial charge in [-0.05, 0) is 52.9 Å². The molecule has 6 nitrogen and oxygen atoms in total. The molecule has 0 aliphatic heterocycles. The quantitative estimate of drug-likeness (QED) is 0.386. The third-order valence-electron chi connectivity index (χ3n) is 5.33. The van der Waals surface area contributed by atoms with Crippen molar-refractivity contribution in [1.82, 2.24) is 5.32 Å². The first-order chi connectivity index (χ1) is 15.9. The Labute approximate surface area is 197 Å². The fourth-order valence-electron chi connectivity index (χ4n) is 3.63. The van der Waals surface area contributed by atoms with E-state index < -0.39 is 15.9 Å². The predicted octanol–water partition coefficient (Wildman–Crippen LogP) is 4.98. The Morgan fingerprint density at radius 3 is 2.45 bits per heavy atom. The van der Waals surface area contributed by atoms with Crippen LogP contribution in [0.15, 0.2) is 88.5 Å². The van der Waals surface area contributed by atoms with Crippen LogP contribution in [0.1, 0.15) is 18.5 Å². The van der Waals surface area contributed by atoms with Crippen molar-refractivity contribution in [3.63, 3.8) is 0 Å². The maximum absolute atomic E-state index is 13.4. The van der Waals surface area contributed by atoms with Crippen LogP contribution in [-0.2, 0) is 14.8 Å². The van der Waals surface area contributed by atoms with Gasteiger partial charge in [-0.1, -0.05) is 54.6 Å². The van der Waals surface area contributed by atoms with Gasteiger partial charge in [0.05, 0.1) is 18.8 Å². The van der Waals surface area contributed by atoms with Crippen LogP contribution in [0.5, 0.6) is 5.75 Å². The Hall–Kier alpha value is -3.36. The summed E-state index contributed by atoms with van der Waals surface area (Å²) in [7, 11) is -2.49. The fourth-order valence-corrected chi connectivity index (χ4v) is 6.17. The van der Waals surface area contributed by atoms with Gasteiger partial charge in [-0.25, -0.2) is 8.42 Å². The van der Waals surface area contributed by atoms with Crippen LogP contribution in [0.25, 0.3) is 10.8 Å². The van der Waals surface area contributed by atoms with Crippen LogP contribution in [0, 0.1) is 0 Å². The van der Waals surface area contributed by atoms with E-state index in [0.29, 0.717) is 11.4 Å². The number of fused-ring (bicyclic) bond motifs is 1. The molecule has 3 aromatic carbocycles. The molecule has 1 N–H and O–H groups in total. The Balaban J connectivity index is 1.61. The number of hydrogen-bond donors (Lipinski definition) is 1. The monoisotopic (exact) mass is 480 g/mol. The number of carbonyl (C=O) groups excluding carboxylic acids is 1. The highest BCUT2D eigenvalue weighted by atomic mass is 32.2. The molecule has 170 valence electrons. The molecule has 4 rings (SSSR count). The normalized spacial score (nSPS) is 12.3. The second kappa shape index (κ2) is 9.64. The molecule has 0 bridgehead atoms. The van der Waals surface area contributed by atoms with E-state index in [1.807, 2.05) is 49.4 Å². The van der Waals surface area contributed by atoms with Crippen molar-refractivity contribution in [2.75, 3.05) is 18.0 Å². The van der Waals surface area contributed by atoms with Gasteiger partial charge in [0, 0.05) is 0 Å². The van der Waals surface area contributed by atoms with Gasteiger partial charge < -0.3 is 10.1 Å². The summed E-state index contributed by atoms with van der Waals surface area (Å²) in [6.45, 7) is 1.50. The summed E-state index contributed by atoms with van der Waals surface area (Å²) in [5.74, 6) is -0.0466. The molecular formula is C25H24N2O4S2. The minimum atomic E-state index is -3.96. The number of carbonyl (C=O) groups is 1. The van der Waals surface area contributed by atoms with Gasteiger partial charge in [-0.3, -0.25) is 9.10 Å². The van der Waals surface area contributed by atoms with Crippen LogP contribution in [0.2, 0.25) is 0 Å². The highest BCUT2D eigenvalue weighted by Crippen LogP contribution is 2.33. The maximum Gasteiger partial charge on any atom is 0.274 e. The zero-order valence-corrected chi connectivity index (χ0v) is 19.9. The number of amides is 1. The molecule has 1 amide bonds. The van der Waals surface area contributed by atoms with E-state index in [9.17, 15) is 13.2 Å². The maximum atomic E-state index is 13.4. The first-order valence-electron chi connectivity index (χ1n) is 10.4. The number of para-hydroxylation sites is 2. The zero-order valence-electron chi connectivity index (χ0n) is 18.3. The molecule has 4 aromatic rings. The minimum absolute atomic E-state index is 0.156. The second-order valence-electron chi connectivity index (χ2n) is 7.51. The molecule has 1 heterocycles. The lowest BCUT2D eigenvalue weighted by molar-refractivity contribution is -0.120. The first-order valence-corrected chi connectivity index (χ1v) is 12.7. The summed E-state index contributed by atoms with van der Waals surface area (Å²) >= 11 is 1.10. The molecule has 0 unspecified atom stereocenters. The Morgan fingerprint density at radius 1 is 1.00 bits per heavy atom. The SMILES string of the molecule is COc1ccccc1N(CC(=O)N[C@H](C)c1ccc2ccccc2c1)S(=O)(=O)c1cccs1. The number of nitrogens with one attached hydrogen (secondary N) is 1. The smallest absolute Gasteiger partial charge is 0.274 e. The summed E-state index contributed by atoms with van der Waals surface area (Å²) in [6.07, 6.45) is 0. The molecule has 0 aliphatic rings. The van der Waals surface area contributed by atoms with E-state index in [4.69, 9.17) is 4.74 Å². The molecule has 0 spiro atoms. The van der Waals surface area contributed by atoms with Gasteiger partial charge >= 0.3 is 0 Å². The van der Waals surface area contributed by atoms with Crippen molar-refractivity contribution >= 4 is 43.7 Å². The molecule has 0 radical (unpaired) electrons. The van der Waals surface area contributed by atoms with Crippen LogP contribution >= 0.6 is 11.3 Å². The first kappa shape index (κ1) is 22.8. The molecule has 0 aliphatic carbocycles. The lowest BCUT2D eigenvalue weighted by Crippen LogP contribution is -2.41. The highest BCUT2D eigenvalue weighted by Gasteiger charge is 2.30. The van der Waals surface area contributed by atoms with E-state index in [-0.39, 0.29) is 16.8 Å². The standard InChI is InChI=1S/C25H24N2O4S2/c1-18(20-14-13-19-8-3-4-9-21(19)16-20)26-24(28)17-27(22-10-5-6-11-23(22)31-2)33(29,30)25-12-7-15-32-25/h3-16,18H,17H2,1-2H3,(H,26,28)/t18-/m1/s1. The number of ether oxygens (including phenoxy) is 1. The summed E-state index contributed by atoms with van der Waals surface area (Å²) in [5.41, 5.74) is 1.24. The summed E-state index contributed by atoms with van der Waals surface area (Å²) in [5, 5.41) is 6.81. The Kier molecular flexibility index (Phi) is 6.67. The molecule has 8 heteroatoms. The summed E-state index contributed by atoms with van der Waals surface area (Å²) in [4.78, 5) is 13.0. The fraction of sp³-hybridized carbons (Fsp3) is 0.160. The average Bonchev–Trinajstić information content (AvgIpc) is 3.38. The van der Waals surface area contributed by atoms with Crippen molar-refractivity contribution in [3.8, 4) is 5.75 Å². The zero-order chi connectivity index (χ0) is 23.4. The molecule has 33 heavy (non-hydrogen) atoms. The van der Waals surface area contributed by atoms with Crippen molar-refractivity contribution in [1.29, 1.82) is 0 Å². The summed E-state index contributed by atoms with van der Waals surface area (Å²) < 4.78 is 33.4. The van der Waals surface area contributed by atoms with Crippen LogP contribution in [-0.4, -0.2) is 28.0 Å². The van der Waals surface area contributed by atoms with Gasteiger partial charge in [0.15, 0.2) is 0 Å². The molecular weight excluding hydrogens is 456 g/mol. The third kappa shape index (κ3) is 4.86. The Bertz CT molecular complexity index is 1370. The van der Waals surface area contributed by atoms with E-state index >= 15 is 0 Å². The number of rotatable bonds is 8. The lowest BCUT2D eigenvalue weighted by Gasteiger charge is -2.25. The number of sulfonamides is 1. The average molecular weight is 481 g/mol. The van der Waals surface area contributed by atoms with Crippen molar-refractivity contribution in [2.45, 2.75) is 17.2 Å². The third-order valence-corrected chi connectivity index (χ3v) is 8.46. The van der Waals surface area contributed by atoms with Crippen LogP contribution < -0.4 is 14.4 Å². The van der Waals surface area contributed by atoms with E-state index in [1.165, 1.54) is 13.2 Å². The van der Waals surface area contributed by atoms with Crippen molar-refractivity contribution < 1.29 is 17.9 Å². The molecule has 0 saturated heterocycles. The van der Waals surface area contributed by atoms with Crippen molar-refractivity contribution in [3.05, 3.63) is 89.8 Å². The van der Waals surface area contributed by atoms with Crippen molar-refractivity contribution in [2.24, 2.45) is 0 Å². The van der Waals surface area contributed by atoms with Crippen LogP contribution in [0.3, 0.4) is 0 Å². The van der Waals surface area contributed by atoms with Gasteiger partial charge in [0.2, 0.25) is 5.91 Å². The lowest BCUT2D eigenvalue weighted by atomic mass is 10.0.